The van der Waals surface area contributed by atoms with Crippen LogP contribution in [0.1, 0.15) is 17.0 Å². The van der Waals surface area contributed by atoms with E-state index >= 15 is 0 Å². The molecule has 0 spiro atoms. The van der Waals surface area contributed by atoms with E-state index in [-0.39, 0.29) is 5.82 Å². The van der Waals surface area contributed by atoms with E-state index in [1.54, 1.807) is 6.07 Å². The maximum atomic E-state index is 13.0. The second-order valence-corrected chi connectivity index (χ2v) is 6.32. The Morgan fingerprint density at radius 3 is 2.58 bits per heavy atom. The summed E-state index contributed by atoms with van der Waals surface area (Å²) in [7, 11) is 0. The average molecular weight is 407 g/mol. The molecule has 2 rings (SSSR count). The van der Waals surface area contributed by atoms with E-state index in [4.69, 9.17) is 11.6 Å². The standard InChI is InChI=1S/C15H12Br2ClF/c16-9-12(10-2-1-3-13(17)7-10)6-11-4-5-14(19)8-15(11)18/h1-5,7-8,12H,6,9H2. The fourth-order valence-corrected chi connectivity index (χ4v) is 3.24. The quantitative estimate of drug-likeness (QED) is 0.550. The Bertz CT molecular complexity index is 572. The minimum absolute atomic E-state index is 0.299. The van der Waals surface area contributed by atoms with E-state index in [0.717, 1.165) is 21.8 Å². The molecule has 0 aliphatic rings. The van der Waals surface area contributed by atoms with E-state index in [9.17, 15) is 4.39 Å². The summed E-state index contributed by atoms with van der Waals surface area (Å²) in [6.45, 7) is 0. The topological polar surface area (TPSA) is 0 Å². The predicted molar refractivity (Wildman–Crippen MR) is 85.8 cm³/mol. The third kappa shape index (κ3) is 4.04. The van der Waals surface area contributed by atoms with Gasteiger partial charge in [0.1, 0.15) is 5.82 Å². The van der Waals surface area contributed by atoms with Crippen LogP contribution >= 0.6 is 43.5 Å². The molecule has 1 unspecified atom stereocenters. The maximum absolute atomic E-state index is 13.0. The van der Waals surface area contributed by atoms with Crippen molar-refractivity contribution in [3.8, 4) is 0 Å². The molecule has 0 aliphatic carbocycles. The van der Waals surface area contributed by atoms with Gasteiger partial charge in [-0.3, -0.25) is 0 Å². The van der Waals surface area contributed by atoms with Gasteiger partial charge in [-0.25, -0.2) is 4.39 Å². The van der Waals surface area contributed by atoms with Crippen LogP contribution in [0.25, 0.3) is 0 Å². The summed E-state index contributed by atoms with van der Waals surface area (Å²) in [6, 6.07) is 12.8. The van der Waals surface area contributed by atoms with Crippen molar-refractivity contribution in [1.29, 1.82) is 0 Å². The van der Waals surface area contributed by atoms with Crippen molar-refractivity contribution < 1.29 is 4.39 Å². The van der Waals surface area contributed by atoms with E-state index < -0.39 is 0 Å². The van der Waals surface area contributed by atoms with Gasteiger partial charge in [0.25, 0.3) is 0 Å². The van der Waals surface area contributed by atoms with Crippen LogP contribution in [0.5, 0.6) is 0 Å². The zero-order chi connectivity index (χ0) is 13.8. The number of hydrogen-bond acceptors (Lipinski definition) is 0. The number of rotatable bonds is 4. The van der Waals surface area contributed by atoms with Crippen molar-refractivity contribution in [2.45, 2.75) is 12.3 Å². The molecule has 0 aromatic heterocycles. The summed E-state index contributed by atoms with van der Waals surface area (Å²) in [6.07, 6.45) is 0.779. The molecular weight excluding hydrogens is 394 g/mol. The second-order valence-electron chi connectivity index (χ2n) is 4.35. The van der Waals surface area contributed by atoms with Gasteiger partial charge in [-0.2, -0.15) is 0 Å². The van der Waals surface area contributed by atoms with Gasteiger partial charge >= 0.3 is 0 Å². The summed E-state index contributed by atoms with van der Waals surface area (Å²) in [5.74, 6) is 0.00654. The molecule has 0 saturated carbocycles. The normalized spacial score (nSPS) is 12.4. The van der Waals surface area contributed by atoms with Crippen LogP contribution in [-0.4, -0.2) is 5.33 Å². The molecule has 0 radical (unpaired) electrons. The second kappa shape index (κ2) is 6.87. The molecule has 1 atom stereocenters. The number of halogens is 4. The van der Waals surface area contributed by atoms with Crippen molar-refractivity contribution >= 4 is 43.5 Å². The molecular formula is C15H12Br2ClF. The Hall–Kier alpha value is -0.380. The molecule has 2 aromatic rings. The lowest BCUT2D eigenvalue weighted by molar-refractivity contribution is 0.626. The third-order valence-corrected chi connectivity index (χ3v) is 4.61. The Balaban J connectivity index is 2.24. The van der Waals surface area contributed by atoms with Crippen molar-refractivity contribution in [3.05, 3.63) is 68.9 Å². The van der Waals surface area contributed by atoms with Gasteiger partial charge in [0.15, 0.2) is 0 Å². The molecule has 4 heteroatoms. The zero-order valence-electron chi connectivity index (χ0n) is 10.0. The van der Waals surface area contributed by atoms with Crippen LogP contribution < -0.4 is 0 Å². The van der Waals surface area contributed by atoms with Gasteiger partial charge < -0.3 is 0 Å². The lowest BCUT2D eigenvalue weighted by Crippen LogP contribution is -2.05. The molecule has 0 saturated heterocycles. The van der Waals surface area contributed by atoms with E-state index in [1.165, 1.54) is 17.7 Å². The van der Waals surface area contributed by atoms with Gasteiger partial charge in [0.05, 0.1) is 0 Å². The minimum Gasteiger partial charge on any atom is -0.207 e. The monoisotopic (exact) mass is 404 g/mol. The van der Waals surface area contributed by atoms with Crippen LogP contribution in [-0.2, 0) is 6.42 Å². The Morgan fingerprint density at radius 1 is 1.16 bits per heavy atom. The van der Waals surface area contributed by atoms with Crippen LogP contribution in [0.4, 0.5) is 4.39 Å². The fraction of sp³-hybridized carbons (Fsp3) is 0.200. The molecule has 0 fully saturated rings. The van der Waals surface area contributed by atoms with Crippen LogP contribution in [0.15, 0.2) is 46.9 Å². The van der Waals surface area contributed by atoms with Gasteiger partial charge in [0.2, 0.25) is 0 Å². The Labute approximate surface area is 134 Å². The molecule has 100 valence electrons. The first-order valence-electron chi connectivity index (χ1n) is 5.85. The van der Waals surface area contributed by atoms with Crippen molar-refractivity contribution in [2.75, 3.05) is 5.33 Å². The highest BCUT2D eigenvalue weighted by atomic mass is 79.9. The van der Waals surface area contributed by atoms with Gasteiger partial charge in [-0.05, 0) is 47.7 Å². The van der Waals surface area contributed by atoms with Gasteiger partial charge in [0, 0.05) is 14.8 Å². The first-order chi connectivity index (χ1) is 9.10. The zero-order valence-corrected chi connectivity index (χ0v) is 14.0. The summed E-state index contributed by atoms with van der Waals surface area (Å²) < 4.78 is 14.1. The van der Waals surface area contributed by atoms with Crippen LogP contribution in [0.3, 0.4) is 0 Å². The van der Waals surface area contributed by atoms with Gasteiger partial charge in [-0.1, -0.05) is 61.7 Å². The van der Waals surface area contributed by atoms with Crippen LogP contribution in [0, 0.1) is 5.82 Å². The van der Waals surface area contributed by atoms with Gasteiger partial charge in [-0.15, -0.1) is 0 Å². The molecule has 0 heterocycles. The number of hydrogen-bond donors (Lipinski definition) is 0. The largest absolute Gasteiger partial charge is 0.207 e. The highest BCUT2D eigenvalue weighted by Gasteiger charge is 2.13. The first kappa shape index (κ1) is 15.0. The molecule has 0 N–H and O–H groups in total. The maximum Gasteiger partial charge on any atom is 0.124 e. The molecule has 2 aromatic carbocycles. The van der Waals surface area contributed by atoms with Crippen LogP contribution in [0.2, 0.25) is 5.02 Å². The molecule has 0 amide bonds. The fourth-order valence-electron chi connectivity index (χ4n) is 1.97. The predicted octanol–water partition coefficient (Wildman–Crippen LogP) is 5.96. The smallest absolute Gasteiger partial charge is 0.124 e. The summed E-state index contributed by atoms with van der Waals surface area (Å²) >= 11 is 13.1. The van der Waals surface area contributed by atoms with E-state index in [1.807, 2.05) is 12.1 Å². The van der Waals surface area contributed by atoms with Crippen molar-refractivity contribution in [1.82, 2.24) is 0 Å². The minimum atomic E-state index is -0.299. The molecule has 0 aliphatic heterocycles. The highest BCUT2D eigenvalue weighted by Crippen LogP contribution is 2.28. The van der Waals surface area contributed by atoms with Crippen molar-refractivity contribution in [2.24, 2.45) is 0 Å². The Morgan fingerprint density at radius 2 is 1.95 bits per heavy atom. The summed E-state index contributed by atoms with van der Waals surface area (Å²) in [5.41, 5.74) is 2.19. The Kier molecular flexibility index (Phi) is 5.43. The lowest BCUT2D eigenvalue weighted by Gasteiger charge is -2.16. The third-order valence-electron chi connectivity index (χ3n) is 2.99. The first-order valence-corrected chi connectivity index (χ1v) is 8.14. The summed E-state index contributed by atoms with van der Waals surface area (Å²) in [5, 5.41) is 1.32. The average Bonchev–Trinajstić information content (AvgIpc) is 2.38. The number of alkyl halides is 1. The highest BCUT2D eigenvalue weighted by molar-refractivity contribution is 9.10. The van der Waals surface area contributed by atoms with E-state index in [2.05, 4.69) is 44.0 Å². The van der Waals surface area contributed by atoms with Crippen molar-refractivity contribution in [3.63, 3.8) is 0 Å². The SMILES string of the molecule is Fc1ccc(CC(CBr)c2cccc(Br)c2)c(Cl)c1. The lowest BCUT2D eigenvalue weighted by atomic mass is 9.94. The molecule has 0 nitrogen and oxygen atoms in total. The number of benzene rings is 2. The molecule has 0 bridgehead atoms. The molecule has 19 heavy (non-hydrogen) atoms. The van der Waals surface area contributed by atoms with E-state index in [0.29, 0.717) is 10.9 Å². The summed E-state index contributed by atoms with van der Waals surface area (Å²) in [4.78, 5) is 0.